The van der Waals surface area contributed by atoms with Gasteiger partial charge < -0.3 is 5.11 Å². The Labute approximate surface area is 50.2 Å². The molecule has 56 valence electrons. The third-order valence-electron chi connectivity index (χ3n) is 0.592. The molecule has 0 aliphatic rings. The predicted octanol–water partition coefficient (Wildman–Crippen LogP) is 0.904. The first-order chi connectivity index (χ1) is 3.95. The number of hydrogen-bond acceptors (Lipinski definition) is 2. The van der Waals surface area contributed by atoms with Crippen molar-refractivity contribution in [3.05, 3.63) is 0 Å². The highest BCUT2D eigenvalue weighted by Gasteiger charge is 2.31. The lowest BCUT2D eigenvalue weighted by atomic mass is 10.4. The van der Waals surface area contributed by atoms with Gasteiger partial charge in [-0.25, -0.2) is 0 Å². The van der Waals surface area contributed by atoms with Gasteiger partial charge in [-0.2, -0.15) is 0 Å². The third kappa shape index (κ3) is 5.58. The summed E-state index contributed by atoms with van der Waals surface area (Å²) < 4.78 is 36.8. The van der Waals surface area contributed by atoms with E-state index in [2.05, 4.69) is 4.74 Å². The molecule has 0 amide bonds. The summed E-state index contributed by atoms with van der Waals surface area (Å²) in [4.78, 5) is 0. The summed E-state index contributed by atoms with van der Waals surface area (Å²) in [6.45, 7) is 0.507. The molecule has 5 heteroatoms. The molecule has 1 atom stereocenters. The zero-order valence-electron chi connectivity index (χ0n) is 4.77. The highest BCUT2D eigenvalue weighted by molar-refractivity contribution is 4.44. The van der Waals surface area contributed by atoms with Crippen LogP contribution in [0.5, 0.6) is 0 Å². The van der Waals surface area contributed by atoms with Gasteiger partial charge in [0.1, 0.15) is 0 Å². The fourth-order valence-electron chi connectivity index (χ4n) is 0.265. The fraction of sp³-hybridized carbons (Fsp3) is 1.00. The standard InChI is InChI=1S/C4H7F3O2/c1-3(2-8)9-4(5,6)7/h3,8H,2H2,1H3/t3-/m1/s1. The van der Waals surface area contributed by atoms with Gasteiger partial charge in [-0.1, -0.05) is 0 Å². The summed E-state index contributed by atoms with van der Waals surface area (Å²) in [5, 5.41) is 8.07. The molecule has 0 unspecified atom stereocenters. The quantitative estimate of drug-likeness (QED) is 0.624. The second-order valence-corrected chi connectivity index (χ2v) is 1.56. The number of aliphatic hydroxyl groups is 1. The molecule has 0 aromatic carbocycles. The van der Waals surface area contributed by atoms with Gasteiger partial charge in [0.2, 0.25) is 0 Å². The van der Waals surface area contributed by atoms with Crippen LogP contribution in [0.15, 0.2) is 0 Å². The number of rotatable bonds is 2. The Bertz CT molecular complexity index is 80.4. The Morgan fingerprint density at radius 3 is 2.11 bits per heavy atom. The highest BCUT2D eigenvalue weighted by Crippen LogP contribution is 2.17. The van der Waals surface area contributed by atoms with Gasteiger partial charge in [0, 0.05) is 0 Å². The number of aliphatic hydroxyl groups excluding tert-OH is 1. The van der Waals surface area contributed by atoms with Crippen LogP contribution in [-0.2, 0) is 4.74 Å². The number of hydrogen-bond donors (Lipinski definition) is 1. The minimum absolute atomic E-state index is 0.625. The van der Waals surface area contributed by atoms with Crippen LogP contribution in [0, 0.1) is 0 Å². The van der Waals surface area contributed by atoms with E-state index in [0.29, 0.717) is 0 Å². The Balaban J connectivity index is 3.47. The van der Waals surface area contributed by atoms with E-state index in [-0.39, 0.29) is 0 Å². The van der Waals surface area contributed by atoms with Gasteiger partial charge in [-0.05, 0) is 6.92 Å². The summed E-state index contributed by atoms with van der Waals surface area (Å²) in [6.07, 6.45) is -5.81. The van der Waals surface area contributed by atoms with Crippen molar-refractivity contribution in [1.82, 2.24) is 0 Å². The molecule has 0 aliphatic heterocycles. The van der Waals surface area contributed by atoms with Crippen LogP contribution in [0.3, 0.4) is 0 Å². The van der Waals surface area contributed by atoms with Crippen LogP contribution in [0.25, 0.3) is 0 Å². The van der Waals surface area contributed by atoms with Gasteiger partial charge in [-0.15, -0.1) is 13.2 Å². The SMILES string of the molecule is C[C@H](CO)OC(F)(F)F. The number of alkyl halides is 3. The maximum absolute atomic E-state index is 11.2. The second-order valence-electron chi connectivity index (χ2n) is 1.56. The van der Waals surface area contributed by atoms with Crippen molar-refractivity contribution >= 4 is 0 Å². The molecular weight excluding hydrogens is 137 g/mol. The number of ether oxygens (including phenoxy) is 1. The Hall–Kier alpha value is -0.290. The lowest BCUT2D eigenvalue weighted by Gasteiger charge is -2.11. The van der Waals surface area contributed by atoms with E-state index in [1.54, 1.807) is 0 Å². The Morgan fingerprint density at radius 2 is 2.00 bits per heavy atom. The van der Waals surface area contributed by atoms with Gasteiger partial charge >= 0.3 is 6.36 Å². The predicted molar refractivity (Wildman–Crippen MR) is 23.7 cm³/mol. The molecule has 0 aromatic heterocycles. The third-order valence-corrected chi connectivity index (χ3v) is 0.592. The van der Waals surface area contributed by atoms with Crippen molar-refractivity contribution in [2.45, 2.75) is 19.4 Å². The van der Waals surface area contributed by atoms with Crippen molar-refractivity contribution in [1.29, 1.82) is 0 Å². The molecule has 0 saturated carbocycles. The van der Waals surface area contributed by atoms with E-state index >= 15 is 0 Å². The van der Waals surface area contributed by atoms with E-state index in [1.165, 1.54) is 0 Å². The smallest absolute Gasteiger partial charge is 0.394 e. The first-order valence-electron chi connectivity index (χ1n) is 2.31. The Kier molecular flexibility index (Phi) is 2.93. The van der Waals surface area contributed by atoms with E-state index in [1.807, 2.05) is 0 Å². The first kappa shape index (κ1) is 8.71. The summed E-state index contributed by atoms with van der Waals surface area (Å²) >= 11 is 0. The van der Waals surface area contributed by atoms with Crippen LogP contribution in [0.4, 0.5) is 13.2 Å². The van der Waals surface area contributed by atoms with Gasteiger partial charge in [0.25, 0.3) is 0 Å². The van der Waals surface area contributed by atoms with Crippen molar-refractivity contribution in [3.8, 4) is 0 Å². The van der Waals surface area contributed by atoms with E-state index < -0.39 is 19.1 Å². The Morgan fingerprint density at radius 1 is 1.56 bits per heavy atom. The first-order valence-corrected chi connectivity index (χ1v) is 2.31. The monoisotopic (exact) mass is 144 g/mol. The van der Waals surface area contributed by atoms with Crippen LogP contribution < -0.4 is 0 Å². The van der Waals surface area contributed by atoms with Crippen molar-refractivity contribution in [2.24, 2.45) is 0 Å². The molecule has 0 spiro atoms. The lowest BCUT2D eigenvalue weighted by molar-refractivity contribution is -0.342. The van der Waals surface area contributed by atoms with Gasteiger partial charge in [-0.3, -0.25) is 4.74 Å². The normalized spacial score (nSPS) is 15.7. The molecule has 0 fully saturated rings. The van der Waals surface area contributed by atoms with Gasteiger partial charge in [0.05, 0.1) is 12.7 Å². The summed E-state index contributed by atoms with van der Waals surface area (Å²) in [5.41, 5.74) is 0. The highest BCUT2D eigenvalue weighted by atomic mass is 19.4. The summed E-state index contributed by atoms with van der Waals surface area (Å²) in [5.74, 6) is 0. The topological polar surface area (TPSA) is 29.5 Å². The van der Waals surface area contributed by atoms with Crippen LogP contribution >= 0.6 is 0 Å². The maximum atomic E-state index is 11.2. The molecule has 0 bridgehead atoms. The molecule has 1 N–H and O–H groups in total. The molecule has 0 heterocycles. The molecule has 0 aromatic rings. The molecule has 9 heavy (non-hydrogen) atoms. The second kappa shape index (κ2) is 3.03. The summed E-state index contributed by atoms with van der Waals surface area (Å²) in [7, 11) is 0. The van der Waals surface area contributed by atoms with Crippen molar-refractivity contribution < 1.29 is 23.0 Å². The number of halogens is 3. The average Bonchev–Trinajstić information content (AvgIpc) is 1.62. The summed E-state index contributed by atoms with van der Waals surface area (Å²) in [6, 6.07) is 0. The van der Waals surface area contributed by atoms with Crippen LogP contribution in [-0.4, -0.2) is 24.2 Å². The molecule has 0 rings (SSSR count). The molecule has 0 radical (unpaired) electrons. The minimum atomic E-state index is -4.64. The fourth-order valence-corrected chi connectivity index (χ4v) is 0.265. The maximum Gasteiger partial charge on any atom is 0.522 e. The molecule has 2 nitrogen and oxygen atoms in total. The minimum Gasteiger partial charge on any atom is -0.394 e. The van der Waals surface area contributed by atoms with Crippen molar-refractivity contribution in [3.63, 3.8) is 0 Å². The largest absolute Gasteiger partial charge is 0.522 e. The lowest BCUT2D eigenvalue weighted by Crippen LogP contribution is -2.23. The van der Waals surface area contributed by atoms with Crippen molar-refractivity contribution in [2.75, 3.05) is 6.61 Å². The van der Waals surface area contributed by atoms with Crippen LogP contribution in [0.1, 0.15) is 6.92 Å². The molecule has 0 aliphatic carbocycles. The molecular formula is C4H7F3O2. The van der Waals surface area contributed by atoms with E-state index in [9.17, 15) is 13.2 Å². The van der Waals surface area contributed by atoms with Gasteiger partial charge in [0.15, 0.2) is 0 Å². The average molecular weight is 144 g/mol. The van der Waals surface area contributed by atoms with Crippen LogP contribution in [0.2, 0.25) is 0 Å². The van der Waals surface area contributed by atoms with E-state index in [4.69, 9.17) is 5.11 Å². The van der Waals surface area contributed by atoms with E-state index in [0.717, 1.165) is 6.92 Å². The zero-order chi connectivity index (χ0) is 7.49. The zero-order valence-corrected chi connectivity index (χ0v) is 4.77. The molecule has 0 saturated heterocycles.